The van der Waals surface area contributed by atoms with Crippen molar-refractivity contribution in [2.45, 2.75) is 5.33 Å². The first-order chi connectivity index (χ1) is 5.92. The highest BCUT2D eigenvalue weighted by Gasteiger charge is 1.98. The maximum absolute atomic E-state index is 4.03. The number of alkyl halides is 1. The van der Waals surface area contributed by atoms with Crippen LogP contribution in [0.1, 0.15) is 5.56 Å². The van der Waals surface area contributed by atoms with Gasteiger partial charge in [-0.05, 0) is 10.9 Å². The van der Waals surface area contributed by atoms with Crippen molar-refractivity contribution >= 4 is 26.7 Å². The highest BCUT2D eigenvalue weighted by Crippen LogP contribution is 2.18. The number of benzene rings is 1. The SMILES string of the molecule is BrCc1[c]ncc2ccccc12. The number of hydrogen-bond donors (Lipinski definition) is 0. The van der Waals surface area contributed by atoms with Crippen LogP contribution >= 0.6 is 15.9 Å². The second kappa shape index (κ2) is 3.23. The molecule has 0 unspecified atom stereocenters. The van der Waals surface area contributed by atoms with Gasteiger partial charge in [-0.3, -0.25) is 4.98 Å². The quantitative estimate of drug-likeness (QED) is 0.674. The number of nitrogens with zero attached hydrogens (tertiary/aromatic N) is 1. The Morgan fingerprint density at radius 2 is 2.17 bits per heavy atom. The van der Waals surface area contributed by atoms with E-state index in [9.17, 15) is 0 Å². The van der Waals surface area contributed by atoms with E-state index in [-0.39, 0.29) is 0 Å². The molecule has 0 spiro atoms. The maximum Gasteiger partial charge on any atom is 0.0936 e. The Morgan fingerprint density at radius 3 is 3.00 bits per heavy atom. The predicted octanol–water partition coefficient (Wildman–Crippen LogP) is 2.93. The van der Waals surface area contributed by atoms with E-state index in [1.165, 1.54) is 10.8 Å². The Morgan fingerprint density at radius 1 is 1.33 bits per heavy atom. The zero-order valence-corrected chi connectivity index (χ0v) is 8.01. The van der Waals surface area contributed by atoms with Gasteiger partial charge >= 0.3 is 0 Å². The maximum atomic E-state index is 4.03. The van der Waals surface area contributed by atoms with Crippen LogP contribution in [-0.2, 0) is 5.33 Å². The van der Waals surface area contributed by atoms with Gasteiger partial charge < -0.3 is 0 Å². The minimum absolute atomic E-state index is 0.807. The van der Waals surface area contributed by atoms with Crippen LogP contribution in [0.2, 0.25) is 0 Å². The van der Waals surface area contributed by atoms with Crippen LogP contribution in [-0.4, -0.2) is 4.98 Å². The number of fused-ring (bicyclic) bond motifs is 1. The van der Waals surface area contributed by atoms with Crippen LogP contribution in [0.25, 0.3) is 10.8 Å². The van der Waals surface area contributed by atoms with E-state index in [1.54, 1.807) is 0 Å². The average molecular weight is 221 g/mol. The molecule has 2 aromatic rings. The number of hydrogen-bond acceptors (Lipinski definition) is 1. The first kappa shape index (κ1) is 7.74. The van der Waals surface area contributed by atoms with Gasteiger partial charge in [0, 0.05) is 16.9 Å². The van der Waals surface area contributed by atoms with E-state index >= 15 is 0 Å². The lowest BCUT2D eigenvalue weighted by molar-refractivity contribution is 1.28. The molecule has 1 nitrogen and oxygen atoms in total. The normalized spacial score (nSPS) is 10.4. The summed E-state index contributed by atoms with van der Waals surface area (Å²) in [6.07, 6.45) is 4.80. The smallest absolute Gasteiger partial charge is 0.0936 e. The molecule has 0 bridgehead atoms. The standard InChI is InChI=1S/C10H7BrN/c11-5-9-7-12-6-8-3-1-2-4-10(8)9/h1-4,6H,5H2. The summed E-state index contributed by atoms with van der Waals surface area (Å²) in [5.74, 6) is 0. The van der Waals surface area contributed by atoms with Crippen LogP contribution in [0.4, 0.5) is 0 Å². The average Bonchev–Trinajstić information content (AvgIpc) is 2.17. The van der Waals surface area contributed by atoms with Gasteiger partial charge in [0.25, 0.3) is 0 Å². The summed E-state index contributed by atoms with van der Waals surface area (Å²) in [6, 6.07) is 8.19. The molecule has 1 aromatic heterocycles. The number of rotatable bonds is 1. The topological polar surface area (TPSA) is 12.9 Å². The van der Waals surface area contributed by atoms with Gasteiger partial charge in [0.15, 0.2) is 0 Å². The van der Waals surface area contributed by atoms with Crippen LogP contribution in [0.5, 0.6) is 0 Å². The van der Waals surface area contributed by atoms with Crippen molar-refractivity contribution in [3.63, 3.8) is 0 Å². The van der Waals surface area contributed by atoms with Gasteiger partial charge in [-0.25, -0.2) is 0 Å². The first-order valence-electron chi connectivity index (χ1n) is 3.72. The molecule has 0 aliphatic rings. The van der Waals surface area contributed by atoms with E-state index in [1.807, 2.05) is 18.3 Å². The van der Waals surface area contributed by atoms with Crippen LogP contribution in [0, 0.1) is 6.20 Å². The Balaban J connectivity index is 2.79. The molecule has 0 N–H and O–H groups in total. The summed E-state index contributed by atoms with van der Waals surface area (Å²) in [6.45, 7) is 0. The summed E-state index contributed by atoms with van der Waals surface area (Å²) in [7, 11) is 0. The summed E-state index contributed by atoms with van der Waals surface area (Å²) in [5, 5.41) is 3.21. The van der Waals surface area contributed by atoms with E-state index in [4.69, 9.17) is 0 Å². The Kier molecular flexibility index (Phi) is 2.09. The van der Waals surface area contributed by atoms with Crippen molar-refractivity contribution in [3.05, 3.63) is 42.2 Å². The van der Waals surface area contributed by atoms with E-state index in [0.717, 1.165) is 10.9 Å². The monoisotopic (exact) mass is 220 g/mol. The van der Waals surface area contributed by atoms with Gasteiger partial charge in [0.2, 0.25) is 0 Å². The zero-order chi connectivity index (χ0) is 8.39. The van der Waals surface area contributed by atoms with E-state index in [2.05, 4.69) is 39.2 Å². The van der Waals surface area contributed by atoms with E-state index in [0.29, 0.717) is 0 Å². The molecular formula is C10H7BrN. The molecule has 0 saturated carbocycles. The van der Waals surface area contributed by atoms with Gasteiger partial charge in [-0.2, -0.15) is 0 Å². The molecule has 0 aliphatic heterocycles. The number of halogens is 1. The molecule has 0 aliphatic carbocycles. The Hall–Kier alpha value is -0.890. The van der Waals surface area contributed by atoms with Crippen molar-refractivity contribution in [1.82, 2.24) is 4.98 Å². The lowest BCUT2D eigenvalue weighted by Crippen LogP contribution is -1.83. The van der Waals surface area contributed by atoms with Gasteiger partial charge in [0.05, 0.1) is 6.20 Å². The highest BCUT2D eigenvalue weighted by molar-refractivity contribution is 9.08. The molecule has 2 rings (SSSR count). The molecule has 1 aromatic carbocycles. The fourth-order valence-corrected chi connectivity index (χ4v) is 1.65. The summed E-state index contributed by atoms with van der Waals surface area (Å²) < 4.78 is 0. The van der Waals surface area contributed by atoms with Crippen LogP contribution in [0.15, 0.2) is 30.5 Å². The predicted molar refractivity (Wildman–Crippen MR) is 53.2 cm³/mol. The number of pyridine rings is 1. The van der Waals surface area contributed by atoms with Crippen molar-refractivity contribution in [2.24, 2.45) is 0 Å². The van der Waals surface area contributed by atoms with Crippen LogP contribution < -0.4 is 0 Å². The van der Waals surface area contributed by atoms with Crippen molar-refractivity contribution < 1.29 is 0 Å². The molecule has 12 heavy (non-hydrogen) atoms. The summed E-state index contributed by atoms with van der Waals surface area (Å²) in [5.41, 5.74) is 1.12. The third-order valence-electron chi connectivity index (χ3n) is 1.82. The molecule has 59 valence electrons. The molecule has 0 saturated heterocycles. The lowest BCUT2D eigenvalue weighted by Gasteiger charge is -1.99. The Bertz CT molecular complexity index is 392. The Labute approximate surface area is 79.6 Å². The lowest BCUT2D eigenvalue weighted by atomic mass is 10.1. The molecular weight excluding hydrogens is 214 g/mol. The minimum Gasteiger partial charge on any atom is -0.254 e. The molecule has 0 fully saturated rings. The third-order valence-corrected chi connectivity index (χ3v) is 2.38. The van der Waals surface area contributed by atoms with Crippen molar-refractivity contribution in [1.29, 1.82) is 0 Å². The second-order valence-corrected chi connectivity index (χ2v) is 3.13. The van der Waals surface area contributed by atoms with Crippen molar-refractivity contribution in [3.8, 4) is 0 Å². The fraction of sp³-hybridized carbons (Fsp3) is 0.100. The molecule has 2 heteroatoms. The highest BCUT2D eigenvalue weighted by atomic mass is 79.9. The van der Waals surface area contributed by atoms with Gasteiger partial charge in [-0.1, -0.05) is 40.2 Å². The largest absolute Gasteiger partial charge is 0.254 e. The zero-order valence-electron chi connectivity index (χ0n) is 6.42. The van der Waals surface area contributed by atoms with Crippen molar-refractivity contribution in [2.75, 3.05) is 0 Å². The second-order valence-electron chi connectivity index (χ2n) is 2.57. The first-order valence-corrected chi connectivity index (χ1v) is 4.84. The number of aromatic nitrogens is 1. The molecule has 0 atom stereocenters. The van der Waals surface area contributed by atoms with Gasteiger partial charge in [0.1, 0.15) is 0 Å². The molecule has 0 amide bonds. The summed E-state index contributed by atoms with van der Waals surface area (Å²) in [4.78, 5) is 4.03. The minimum atomic E-state index is 0.807. The van der Waals surface area contributed by atoms with Gasteiger partial charge in [-0.15, -0.1) is 0 Å². The fourth-order valence-electron chi connectivity index (χ4n) is 1.23. The van der Waals surface area contributed by atoms with E-state index < -0.39 is 0 Å². The molecule has 1 heterocycles. The van der Waals surface area contributed by atoms with Crippen LogP contribution in [0.3, 0.4) is 0 Å². The summed E-state index contributed by atoms with van der Waals surface area (Å²) >= 11 is 3.41. The molecule has 1 radical (unpaired) electrons. The third kappa shape index (κ3) is 1.23.